The minimum Gasteiger partial charge on any atom is -0.396 e. The van der Waals surface area contributed by atoms with Gasteiger partial charge in [-0.1, -0.05) is 6.92 Å². The molecule has 1 heterocycles. The van der Waals surface area contributed by atoms with E-state index in [4.69, 9.17) is 10.4 Å². The predicted molar refractivity (Wildman–Crippen MR) is 50.8 cm³/mol. The lowest BCUT2D eigenvalue weighted by atomic mass is 10.1. The van der Waals surface area contributed by atoms with Gasteiger partial charge in [-0.05, 0) is 6.42 Å². The quantitative estimate of drug-likeness (QED) is 0.692. The molecule has 1 rings (SSSR count). The topological polar surface area (TPSA) is 81.4 Å². The molecular formula is C8H14N2O3S. The Hall–Kier alpha value is -0.640. The van der Waals surface area contributed by atoms with Crippen LogP contribution in [0.15, 0.2) is 0 Å². The van der Waals surface area contributed by atoms with Crippen LogP contribution in [0.5, 0.6) is 0 Å². The van der Waals surface area contributed by atoms with Gasteiger partial charge in [-0.15, -0.1) is 0 Å². The van der Waals surface area contributed by atoms with Gasteiger partial charge >= 0.3 is 0 Å². The largest absolute Gasteiger partial charge is 0.396 e. The van der Waals surface area contributed by atoms with Gasteiger partial charge in [0.25, 0.3) is 0 Å². The van der Waals surface area contributed by atoms with E-state index >= 15 is 0 Å². The maximum absolute atomic E-state index is 11.7. The smallest absolute Gasteiger partial charge is 0.230 e. The van der Waals surface area contributed by atoms with Crippen molar-refractivity contribution < 1.29 is 13.5 Å². The van der Waals surface area contributed by atoms with Crippen molar-refractivity contribution >= 4 is 10.0 Å². The normalized spacial score (nSPS) is 21.2. The highest BCUT2D eigenvalue weighted by Gasteiger charge is 2.39. The van der Waals surface area contributed by atoms with Crippen molar-refractivity contribution in [2.45, 2.75) is 18.6 Å². The first-order valence-corrected chi connectivity index (χ1v) is 6.06. The van der Waals surface area contributed by atoms with Crippen LogP contribution in [0, 0.1) is 17.2 Å². The van der Waals surface area contributed by atoms with Gasteiger partial charge in [-0.25, -0.2) is 8.42 Å². The van der Waals surface area contributed by atoms with Crippen LogP contribution in [0.4, 0.5) is 0 Å². The molecule has 6 heteroatoms. The number of aliphatic hydroxyl groups excluding tert-OH is 1. The zero-order valence-electron chi connectivity index (χ0n) is 8.05. The molecule has 0 bridgehead atoms. The van der Waals surface area contributed by atoms with E-state index in [1.165, 1.54) is 4.31 Å². The van der Waals surface area contributed by atoms with Crippen molar-refractivity contribution in [3.05, 3.63) is 0 Å². The average molecular weight is 218 g/mol. The third-order valence-electron chi connectivity index (χ3n) is 2.42. The van der Waals surface area contributed by atoms with Gasteiger partial charge in [0, 0.05) is 25.6 Å². The van der Waals surface area contributed by atoms with Crippen LogP contribution in [-0.4, -0.2) is 42.8 Å². The highest BCUT2D eigenvalue weighted by Crippen LogP contribution is 2.22. The minimum atomic E-state index is -3.45. The number of aliphatic hydroxyl groups is 1. The molecule has 0 aliphatic carbocycles. The molecule has 1 atom stereocenters. The van der Waals surface area contributed by atoms with Gasteiger partial charge < -0.3 is 5.11 Å². The van der Waals surface area contributed by atoms with E-state index in [9.17, 15) is 8.42 Å². The Morgan fingerprint density at radius 2 is 2.21 bits per heavy atom. The van der Waals surface area contributed by atoms with E-state index in [-0.39, 0.29) is 12.5 Å². The van der Waals surface area contributed by atoms with E-state index in [1.807, 2.05) is 0 Å². The van der Waals surface area contributed by atoms with Crippen LogP contribution >= 0.6 is 0 Å². The van der Waals surface area contributed by atoms with Crippen LogP contribution in [0.2, 0.25) is 0 Å². The highest BCUT2D eigenvalue weighted by molar-refractivity contribution is 7.90. The fourth-order valence-corrected chi connectivity index (χ4v) is 3.15. The zero-order chi connectivity index (χ0) is 10.8. The maximum atomic E-state index is 11.7. The Morgan fingerprint density at radius 3 is 2.57 bits per heavy atom. The lowest BCUT2D eigenvalue weighted by Crippen LogP contribution is -2.53. The molecular weight excluding hydrogens is 204 g/mol. The molecule has 0 aromatic carbocycles. The number of rotatable bonds is 4. The van der Waals surface area contributed by atoms with Crippen molar-refractivity contribution in [3.63, 3.8) is 0 Å². The summed E-state index contributed by atoms with van der Waals surface area (Å²) in [6, 6.07) is 1.78. The number of sulfonamides is 1. The summed E-state index contributed by atoms with van der Waals surface area (Å²) in [6.07, 6.45) is 0.305. The summed E-state index contributed by atoms with van der Waals surface area (Å²) in [5, 5.41) is 16.4. The van der Waals surface area contributed by atoms with Crippen LogP contribution in [0.25, 0.3) is 0 Å². The van der Waals surface area contributed by atoms with Crippen molar-refractivity contribution in [1.82, 2.24) is 4.31 Å². The third-order valence-corrected chi connectivity index (χ3v) is 4.59. The monoisotopic (exact) mass is 218 g/mol. The van der Waals surface area contributed by atoms with Gasteiger partial charge in [-0.3, -0.25) is 0 Å². The first-order valence-electron chi connectivity index (χ1n) is 4.55. The molecule has 0 aromatic heterocycles. The fraction of sp³-hybridized carbons (Fsp3) is 0.875. The second kappa shape index (κ2) is 4.26. The Balaban J connectivity index is 2.65. The summed E-state index contributed by atoms with van der Waals surface area (Å²) >= 11 is 0. The number of hydrogen-bond acceptors (Lipinski definition) is 4. The highest BCUT2D eigenvalue weighted by atomic mass is 32.2. The van der Waals surface area contributed by atoms with Crippen molar-refractivity contribution in [3.8, 4) is 6.07 Å². The van der Waals surface area contributed by atoms with E-state index in [0.29, 0.717) is 19.5 Å². The Kier molecular flexibility index (Phi) is 3.48. The fourth-order valence-electron chi connectivity index (χ4n) is 1.39. The summed E-state index contributed by atoms with van der Waals surface area (Å²) < 4.78 is 24.6. The van der Waals surface area contributed by atoms with Crippen LogP contribution in [0.3, 0.4) is 0 Å². The minimum absolute atomic E-state index is 0.00929. The van der Waals surface area contributed by atoms with E-state index < -0.39 is 15.3 Å². The Labute approximate surface area is 84.0 Å². The van der Waals surface area contributed by atoms with E-state index in [2.05, 4.69) is 0 Å². The molecule has 5 nitrogen and oxygen atoms in total. The van der Waals surface area contributed by atoms with Gasteiger partial charge in [0.15, 0.2) is 5.25 Å². The predicted octanol–water partition coefficient (Wildman–Crippen LogP) is -0.458. The summed E-state index contributed by atoms with van der Waals surface area (Å²) in [5.41, 5.74) is 0. The molecule has 1 unspecified atom stereocenters. The lowest BCUT2D eigenvalue weighted by Gasteiger charge is -2.37. The standard InChI is InChI=1S/C8H14N2O3S/c1-2-8(3-9)14(12,13)10-4-7(5-10)6-11/h7-8,11H,2,4-6H2,1H3. The average Bonchev–Trinajstić information content (AvgIpc) is 2.03. The second-order valence-electron chi connectivity index (χ2n) is 3.44. The molecule has 0 spiro atoms. The van der Waals surface area contributed by atoms with Crippen molar-refractivity contribution in [2.24, 2.45) is 5.92 Å². The molecule has 0 saturated carbocycles. The second-order valence-corrected chi connectivity index (χ2v) is 5.55. The van der Waals surface area contributed by atoms with Gasteiger partial charge in [0.05, 0.1) is 6.07 Å². The Bertz CT molecular complexity index is 327. The van der Waals surface area contributed by atoms with E-state index in [1.54, 1.807) is 13.0 Å². The van der Waals surface area contributed by atoms with Crippen molar-refractivity contribution in [1.29, 1.82) is 5.26 Å². The third kappa shape index (κ3) is 1.90. The lowest BCUT2D eigenvalue weighted by molar-refractivity contribution is 0.116. The van der Waals surface area contributed by atoms with Gasteiger partial charge in [-0.2, -0.15) is 9.57 Å². The summed E-state index contributed by atoms with van der Waals surface area (Å²) in [4.78, 5) is 0. The molecule has 1 aliphatic rings. The van der Waals surface area contributed by atoms with Gasteiger partial charge in [0.2, 0.25) is 10.0 Å². The SMILES string of the molecule is CCC(C#N)S(=O)(=O)N1CC(CO)C1. The van der Waals surface area contributed by atoms with E-state index in [0.717, 1.165) is 0 Å². The molecule has 0 aromatic rings. The molecule has 1 aliphatic heterocycles. The first-order chi connectivity index (χ1) is 6.56. The number of hydrogen-bond donors (Lipinski definition) is 1. The summed E-state index contributed by atoms with van der Waals surface area (Å²) in [5.74, 6) is 0.0426. The Morgan fingerprint density at radius 1 is 1.64 bits per heavy atom. The maximum Gasteiger partial charge on any atom is 0.230 e. The zero-order valence-corrected chi connectivity index (χ0v) is 8.87. The molecule has 80 valence electrons. The van der Waals surface area contributed by atoms with Crippen LogP contribution in [0.1, 0.15) is 13.3 Å². The summed E-state index contributed by atoms with van der Waals surface area (Å²) in [6.45, 7) is 2.37. The van der Waals surface area contributed by atoms with Crippen LogP contribution < -0.4 is 0 Å². The molecule has 1 N–H and O–H groups in total. The van der Waals surface area contributed by atoms with Crippen LogP contribution in [-0.2, 0) is 10.0 Å². The molecule has 1 fully saturated rings. The molecule has 1 saturated heterocycles. The molecule has 0 amide bonds. The van der Waals surface area contributed by atoms with Gasteiger partial charge in [0.1, 0.15) is 0 Å². The van der Waals surface area contributed by atoms with Crippen molar-refractivity contribution in [2.75, 3.05) is 19.7 Å². The molecule has 0 radical (unpaired) electrons. The number of nitrogens with zero attached hydrogens (tertiary/aromatic N) is 2. The first kappa shape index (κ1) is 11.4. The molecule has 14 heavy (non-hydrogen) atoms. The number of nitriles is 1. The summed E-state index contributed by atoms with van der Waals surface area (Å²) in [7, 11) is -3.45.